The van der Waals surface area contributed by atoms with Crippen LogP contribution < -0.4 is 0 Å². The molecule has 172 valence electrons. The van der Waals surface area contributed by atoms with E-state index in [0.29, 0.717) is 19.6 Å². The molecule has 34 heavy (non-hydrogen) atoms. The van der Waals surface area contributed by atoms with Gasteiger partial charge in [0.25, 0.3) is 0 Å². The van der Waals surface area contributed by atoms with E-state index in [2.05, 4.69) is 84.9 Å². The lowest BCUT2D eigenvalue weighted by Gasteiger charge is -2.17. The molecule has 4 rings (SSSR count). The fraction of sp³-hybridized carbons (Fsp3) is 0.161. The van der Waals surface area contributed by atoms with E-state index < -0.39 is 0 Å². The van der Waals surface area contributed by atoms with E-state index in [4.69, 9.17) is 4.74 Å². The monoisotopic (exact) mass is 466 g/mol. The van der Waals surface area contributed by atoms with Crippen LogP contribution in [0.25, 0.3) is 11.1 Å². The highest BCUT2D eigenvalue weighted by Gasteiger charge is 2.14. The number of rotatable bonds is 11. The highest BCUT2D eigenvalue weighted by atomic mass is 32.2. The Morgan fingerprint density at radius 2 is 1.21 bits per heavy atom. The first-order valence-electron chi connectivity index (χ1n) is 11.6. The summed E-state index contributed by atoms with van der Waals surface area (Å²) in [6, 6.07) is 39.8. The Kier molecular flexibility index (Phi) is 9.15. The Bertz CT molecular complexity index is 1150. The van der Waals surface area contributed by atoms with Gasteiger partial charge in [-0.2, -0.15) is 0 Å². The second-order valence-corrected chi connectivity index (χ2v) is 9.14. The second-order valence-electron chi connectivity index (χ2n) is 7.97. The molecule has 0 atom stereocenters. The first-order valence-corrected chi connectivity index (χ1v) is 12.6. The minimum atomic E-state index is 0.109. The van der Waals surface area contributed by atoms with Gasteiger partial charge < -0.3 is 9.84 Å². The van der Waals surface area contributed by atoms with Crippen LogP contribution in [0, 0.1) is 0 Å². The van der Waals surface area contributed by atoms with Crippen molar-refractivity contribution in [2.24, 2.45) is 0 Å². The first kappa shape index (κ1) is 24.0. The maximum Gasteiger partial charge on any atom is 0.0717 e. The number of hydrogen-bond donors (Lipinski definition) is 1. The third-order valence-corrected chi connectivity index (χ3v) is 6.58. The molecule has 0 heterocycles. The molecule has 0 aliphatic heterocycles. The fourth-order valence-electron chi connectivity index (χ4n) is 3.99. The summed E-state index contributed by atoms with van der Waals surface area (Å²) in [5, 5.41) is 9.85. The van der Waals surface area contributed by atoms with Gasteiger partial charge in [0.05, 0.1) is 13.2 Å². The Labute approximate surface area is 206 Å². The third kappa shape index (κ3) is 6.71. The van der Waals surface area contributed by atoms with Crippen molar-refractivity contribution in [3.05, 3.63) is 138 Å². The Hall–Kier alpha value is -3.11. The zero-order chi connectivity index (χ0) is 23.4. The number of benzene rings is 4. The van der Waals surface area contributed by atoms with E-state index in [1.54, 1.807) is 11.8 Å². The van der Waals surface area contributed by atoms with Gasteiger partial charge in [0.1, 0.15) is 0 Å². The van der Waals surface area contributed by atoms with E-state index in [1.165, 1.54) is 16.0 Å². The quantitative estimate of drug-likeness (QED) is 0.142. The molecule has 0 unspecified atom stereocenters. The van der Waals surface area contributed by atoms with Gasteiger partial charge in [-0.15, -0.1) is 11.8 Å². The average molecular weight is 467 g/mol. The SMILES string of the molecule is OCCC(=C(c1ccccc1)c1ccc(SCCOCc2ccccc2)cc1)c1ccccc1. The highest BCUT2D eigenvalue weighted by molar-refractivity contribution is 7.99. The molecule has 0 fully saturated rings. The molecule has 0 spiro atoms. The molecule has 0 radical (unpaired) electrons. The first-order chi connectivity index (χ1) is 16.8. The van der Waals surface area contributed by atoms with Crippen molar-refractivity contribution in [3.63, 3.8) is 0 Å². The number of hydrogen-bond acceptors (Lipinski definition) is 3. The zero-order valence-electron chi connectivity index (χ0n) is 19.3. The lowest BCUT2D eigenvalue weighted by atomic mass is 9.88. The van der Waals surface area contributed by atoms with Gasteiger partial charge in [0.2, 0.25) is 0 Å². The van der Waals surface area contributed by atoms with Crippen LogP contribution in [0.4, 0.5) is 0 Å². The van der Waals surface area contributed by atoms with Crippen molar-refractivity contribution in [2.75, 3.05) is 19.0 Å². The summed E-state index contributed by atoms with van der Waals surface area (Å²) in [7, 11) is 0. The van der Waals surface area contributed by atoms with Crippen molar-refractivity contribution in [3.8, 4) is 0 Å². The molecule has 1 N–H and O–H groups in total. The van der Waals surface area contributed by atoms with Crippen LogP contribution in [-0.2, 0) is 11.3 Å². The molecule has 0 bridgehead atoms. The van der Waals surface area contributed by atoms with Crippen molar-refractivity contribution in [2.45, 2.75) is 17.9 Å². The number of aliphatic hydroxyl groups excluding tert-OH is 1. The number of thioether (sulfide) groups is 1. The van der Waals surface area contributed by atoms with Gasteiger partial charge in [0.15, 0.2) is 0 Å². The summed E-state index contributed by atoms with van der Waals surface area (Å²) in [6.07, 6.45) is 0.601. The van der Waals surface area contributed by atoms with Crippen LogP contribution in [0.3, 0.4) is 0 Å². The smallest absolute Gasteiger partial charge is 0.0717 e. The lowest BCUT2D eigenvalue weighted by Crippen LogP contribution is -1.98. The van der Waals surface area contributed by atoms with E-state index in [0.717, 1.165) is 28.0 Å². The van der Waals surface area contributed by atoms with Crippen LogP contribution >= 0.6 is 11.8 Å². The van der Waals surface area contributed by atoms with Crippen molar-refractivity contribution >= 4 is 22.9 Å². The standard InChI is InChI=1S/C31H30O2S/c32-21-20-30(26-12-6-2-7-13-26)31(27-14-8-3-9-15-27)28-16-18-29(19-17-28)34-23-22-33-24-25-10-4-1-5-11-25/h1-19,32H,20-24H2. The maximum absolute atomic E-state index is 9.85. The van der Waals surface area contributed by atoms with Crippen LogP contribution in [0.2, 0.25) is 0 Å². The summed E-state index contributed by atoms with van der Waals surface area (Å²) in [6.45, 7) is 1.47. The van der Waals surface area contributed by atoms with Crippen LogP contribution in [-0.4, -0.2) is 24.1 Å². The Balaban J connectivity index is 1.50. The largest absolute Gasteiger partial charge is 0.396 e. The van der Waals surface area contributed by atoms with E-state index in [-0.39, 0.29) is 6.61 Å². The zero-order valence-corrected chi connectivity index (χ0v) is 20.1. The molecular weight excluding hydrogens is 436 g/mol. The van der Waals surface area contributed by atoms with Crippen molar-refractivity contribution < 1.29 is 9.84 Å². The van der Waals surface area contributed by atoms with Crippen LogP contribution in [0.1, 0.15) is 28.7 Å². The van der Waals surface area contributed by atoms with Crippen molar-refractivity contribution in [1.29, 1.82) is 0 Å². The summed E-state index contributed by atoms with van der Waals surface area (Å²) in [5.74, 6) is 0.910. The molecule has 2 nitrogen and oxygen atoms in total. The van der Waals surface area contributed by atoms with Crippen LogP contribution in [0.15, 0.2) is 120 Å². The third-order valence-electron chi connectivity index (χ3n) is 5.60. The summed E-state index contributed by atoms with van der Waals surface area (Å²) >= 11 is 1.81. The predicted octanol–water partition coefficient (Wildman–Crippen LogP) is 7.34. The molecular formula is C31H30O2S. The van der Waals surface area contributed by atoms with E-state index in [9.17, 15) is 5.11 Å². The summed E-state index contributed by atoms with van der Waals surface area (Å²) < 4.78 is 5.82. The van der Waals surface area contributed by atoms with Gasteiger partial charge in [-0.1, -0.05) is 103 Å². The molecule has 4 aromatic carbocycles. The van der Waals surface area contributed by atoms with E-state index in [1.807, 2.05) is 30.3 Å². The average Bonchev–Trinajstić information content (AvgIpc) is 2.91. The Morgan fingerprint density at radius 3 is 1.82 bits per heavy atom. The topological polar surface area (TPSA) is 29.5 Å². The highest BCUT2D eigenvalue weighted by Crippen LogP contribution is 2.35. The van der Waals surface area contributed by atoms with Gasteiger partial charge in [0, 0.05) is 17.3 Å². The molecule has 0 aliphatic carbocycles. The van der Waals surface area contributed by atoms with Gasteiger partial charge in [-0.05, 0) is 52.0 Å². The molecule has 0 saturated carbocycles. The fourth-order valence-corrected chi connectivity index (χ4v) is 4.75. The number of aliphatic hydroxyl groups is 1. The molecule has 3 heteroatoms. The van der Waals surface area contributed by atoms with Crippen molar-refractivity contribution in [1.82, 2.24) is 0 Å². The molecule has 0 aromatic heterocycles. The minimum Gasteiger partial charge on any atom is -0.396 e. The molecule has 0 amide bonds. The summed E-state index contributed by atoms with van der Waals surface area (Å²) in [4.78, 5) is 1.22. The molecule has 4 aromatic rings. The van der Waals surface area contributed by atoms with Gasteiger partial charge in [-0.25, -0.2) is 0 Å². The van der Waals surface area contributed by atoms with Gasteiger partial charge >= 0.3 is 0 Å². The maximum atomic E-state index is 9.85. The molecule has 0 saturated heterocycles. The van der Waals surface area contributed by atoms with Crippen LogP contribution in [0.5, 0.6) is 0 Å². The van der Waals surface area contributed by atoms with E-state index >= 15 is 0 Å². The normalized spacial score (nSPS) is 11.8. The number of ether oxygens (including phenoxy) is 1. The summed E-state index contributed by atoms with van der Waals surface area (Å²) in [5.41, 5.74) is 6.99. The lowest BCUT2D eigenvalue weighted by molar-refractivity contribution is 0.136. The molecule has 0 aliphatic rings. The second kappa shape index (κ2) is 13.0. The van der Waals surface area contributed by atoms with Gasteiger partial charge in [-0.3, -0.25) is 0 Å². The predicted molar refractivity (Wildman–Crippen MR) is 144 cm³/mol. The minimum absolute atomic E-state index is 0.109. The Morgan fingerprint density at radius 1 is 0.647 bits per heavy atom.